The smallest absolute Gasteiger partial charge is 0.326 e. The number of fused-ring (bicyclic) bond motifs is 1. The number of carbonyl (C=O) groups excluding carboxylic acids is 3. The average Bonchev–Trinajstić information content (AvgIpc) is 3.18. The molecule has 0 aliphatic heterocycles. The molecule has 4 atom stereocenters. The van der Waals surface area contributed by atoms with Crippen LogP contribution >= 0.6 is 12.6 Å². The third-order valence-electron chi connectivity index (χ3n) is 5.25. The van der Waals surface area contributed by atoms with Gasteiger partial charge in [0.05, 0.1) is 6.04 Å². The van der Waals surface area contributed by atoms with Crippen LogP contribution in [0.15, 0.2) is 30.5 Å². The topological polar surface area (TPSA) is 166 Å². The van der Waals surface area contributed by atoms with E-state index in [0.29, 0.717) is 0 Å². The van der Waals surface area contributed by atoms with Gasteiger partial charge in [-0.1, -0.05) is 32.0 Å². The number of benzene rings is 1. The third kappa shape index (κ3) is 6.96. The summed E-state index contributed by atoms with van der Waals surface area (Å²) in [7, 11) is 0. The van der Waals surface area contributed by atoms with Gasteiger partial charge in [-0.15, -0.1) is 0 Å². The van der Waals surface area contributed by atoms with Crippen molar-refractivity contribution < 1.29 is 24.3 Å². The fraction of sp³-hybridized carbons (Fsp3) is 0.455. The molecule has 10 nitrogen and oxygen atoms in total. The highest BCUT2D eigenvalue weighted by Gasteiger charge is 2.29. The molecule has 0 saturated carbocycles. The SMILES string of the molecule is CC(NC(=O)C(Cc1c[nH]c2ccccc12)NC(=O)C(N)CS)C(=O)NC(C(=O)O)C(C)C. The number of thiol groups is 1. The zero-order valence-corrected chi connectivity index (χ0v) is 19.7. The third-order valence-corrected chi connectivity index (χ3v) is 5.64. The number of para-hydroxylation sites is 1. The molecule has 33 heavy (non-hydrogen) atoms. The number of H-pyrrole nitrogens is 1. The van der Waals surface area contributed by atoms with Crippen LogP contribution in [0.5, 0.6) is 0 Å². The van der Waals surface area contributed by atoms with Crippen molar-refractivity contribution in [2.45, 2.75) is 51.4 Å². The van der Waals surface area contributed by atoms with Crippen LogP contribution in [0.4, 0.5) is 0 Å². The van der Waals surface area contributed by atoms with Crippen molar-refractivity contribution >= 4 is 47.2 Å². The minimum atomic E-state index is -1.16. The Kier molecular flexibility index (Phi) is 9.30. The van der Waals surface area contributed by atoms with E-state index in [2.05, 4.69) is 33.6 Å². The van der Waals surface area contributed by atoms with Crippen molar-refractivity contribution in [3.63, 3.8) is 0 Å². The quantitative estimate of drug-likeness (QED) is 0.228. The highest BCUT2D eigenvalue weighted by molar-refractivity contribution is 7.80. The lowest BCUT2D eigenvalue weighted by Gasteiger charge is -2.24. The molecular weight excluding hydrogens is 446 g/mol. The molecule has 0 fully saturated rings. The van der Waals surface area contributed by atoms with Crippen LogP contribution in [-0.2, 0) is 25.6 Å². The number of aromatic amines is 1. The first-order valence-electron chi connectivity index (χ1n) is 10.6. The number of nitrogens with one attached hydrogen (secondary N) is 4. The Hall–Kier alpha value is -3.05. The fourth-order valence-corrected chi connectivity index (χ4v) is 3.43. The molecule has 3 amide bonds. The van der Waals surface area contributed by atoms with Crippen molar-refractivity contribution in [2.75, 3.05) is 5.75 Å². The van der Waals surface area contributed by atoms with Crippen molar-refractivity contribution in [3.8, 4) is 0 Å². The van der Waals surface area contributed by atoms with Gasteiger partial charge < -0.3 is 31.8 Å². The van der Waals surface area contributed by atoms with Gasteiger partial charge in [-0.05, 0) is 24.5 Å². The van der Waals surface area contributed by atoms with Crippen LogP contribution < -0.4 is 21.7 Å². The van der Waals surface area contributed by atoms with Gasteiger partial charge in [-0.3, -0.25) is 14.4 Å². The van der Waals surface area contributed by atoms with Crippen LogP contribution in [0, 0.1) is 5.92 Å². The molecule has 0 saturated heterocycles. The maximum Gasteiger partial charge on any atom is 0.326 e. The Morgan fingerprint density at radius 1 is 1.03 bits per heavy atom. The monoisotopic (exact) mass is 477 g/mol. The largest absolute Gasteiger partial charge is 0.480 e. The van der Waals surface area contributed by atoms with E-state index in [-0.39, 0.29) is 18.1 Å². The van der Waals surface area contributed by atoms with E-state index in [0.717, 1.165) is 16.5 Å². The van der Waals surface area contributed by atoms with Gasteiger partial charge in [0.2, 0.25) is 17.7 Å². The molecule has 0 aliphatic rings. The number of carbonyl (C=O) groups is 4. The first-order valence-corrected chi connectivity index (χ1v) is 11.2. The lowest BCUT2D eigenvalue weighted by Crippen LogP contribution is -2.57. The molecule has 1 heterocycles. The summed E-state index contributed by atoms with van der Waals surface area (Å²) < 4.78 is 0. The zero-order chi connectivity index (χ0) is 24.7. The summed E-state index contributed by atoms with van der Waals surface area (Å²) in [6.07, 6.45) is 1.91. The Morgan fingerprint density at radius 2 is 1.70 bits per heavy atom. The number of nitrogens with two attached hydrogens (primary N) is 1. The van der Waals surface area contributed by atoms with Gasteiger partial charge in [-0.2, -0.15) is 12.6 Å². The molecule has 0 aliphatic carbocycles. The van der Waals surface area contributed by atoms with E-state index in [1.165, 1.54) is 6.92 Å². The Balaban J connectivity index is 2.17. The van der Waals surface area contributed by atoms with E-state index in [9.17, 15) is 24.3 Å². The van der Waals surface area contributed by atoms with Crippen LogP contribution in [0.25, 0.3) is 10.9 Å². The molecule has 2 rings (SSSR count). The first-order chi connectivity index (χ1) is 15.5. The lowest BCUT2D eigenvalue weighted by atomic mass is 10.0. The number of carboxylic acids is 1. The number of aromatic nitrogens is 1. The second-order valence-corrected chi connectivity index (χ2v) is 8.58. The number of carboxylic acid groups (broad SMARTS) is 1. The van der Waals surface area contributed by atoms with E-state index in [1.807, 2.05) is 24.3 Å². The maximum atomic E-state index is 13.0. The van der Waals surface area contributed by atoms with Crippen molar-refractivity contribution in [3.05, 3.63) is 36.0 Å². The minimum Gasteiger partial charge on any atom is -0.480 e. The average molecular weight is 478 g/mol. The Bertz CT molecular complexity index is 1010. The zero-order valence-electron chi connectivity index (χ0n) is 18.8. The molecule has 0 spiro atoms. The summed E-state index contributed by atoms with van der Waals surface area (Å²) in [5, 5.41) is 17.8. The molecule has 180 valence electrons. The number of hydrogen-bond acceptors (Lipinski definition) is 6. The van der Waals surface area contributed by atoms with E-state index >= 15 is 0 Å². The lowest BCUT2D eigenvalue weighted by molar-refractivity contribution is -0.143. The molecule has 0 bridgehead atoms. The molecular formula is C22H31N5O5S. The number of amides is 3. The van der Waals surface area contributed by atoms with Gasteiger partial charge in [0.25, 0.3) is 0 Å². The van der Waals surface area contributed by atoms with Crippen molar-refractivity contribution in [1.29, 1.82) is 0 Å². The molecule has 4 unspecified atom stereocenters. The minimum absolute atomic E-state index is 0.0951. The molecule has 0 radical (unpaired) electrons. The van der Waals surface area contributed by atoms with Crippen LogP contribution in [0.1, 0.15) is 26.3 Å². The normalized spacial score (nSPS) is 14.8. The summed E-state index contributed by atoms with van der Waals surface area (Å²) in [6.45, 7) is 4.77. The van der Waals surface area contributed by atoms with Gasteiger partial charge in [0, 0.05) is 29.3 Å². The summed E-state index contributed by atoms with van der Waals surface area (Å²) in [4.78, 5) is 52.4. The van der Waals surface area contributed by atoms with E-state index in [4.69, 9.17) is 5.73 Å². The summed E-state index contributed by atoms with van der Waals surface area (Å²) >= 11 is 4.02. The molecule has 7 N–H and O–H groups in total. The highest BCUT2D eigenvalue weighted by Crippen LogP contribution is 2.19. The second kappa shape index (κ2) is 11.7. The standard InChI is InChI=1S/C22H31N5O5S/c1-11(2)18(22(31)32)27-19(28)12(3)25-21(30)17(26-20(29)15(23)10-33)8-13-9-24-16-7-5-4-6-14(13)16/h4-7,9,11-12,15,17-18,24,33H,8,10,23H2,1-3H3,(H,25,30)(H,26,29)(H,27,28)(H,31,32). The van der Waals surface area contributed by atoms with Gasteiger partial charge in [0.15, 0.2) is 0 Å². The van der Waals surface area contributed by atoms with Crippen LogP contribution in [0.2, 0.25) is 0 Å². The highest BCUT2D eigenvalue weighted by atomic mass is 32.1. The molecule has 1 aromatic carbocycles. The summed E-state index contributed by atoms with van der Waals surface area (Å²) in [6, 6.07) is 3.49. The number of rotatable bonds is 11. The number of aliphatic carboxylic acids is 1. The van der Waals surface area contributed by atoms with E-state index < -0.39 is 47.9 Å². The van der Waals surface area contributed by atoms with Gasteiger partial charge in [-0.25, -0.2) is 4.79 Å². The Morgan fingerprint density at radius 3 is 2.30 bits per heavy atom. The summed E-state index contributed by atoms with van der Waals surface area (Å²) in [5.41, 5.74) is 7.42. The molecule has 1 aromatic heterocycles. The predicted octanol–water partition coefficient (Wildman–Crippen LogP) is 0.182. The van der Waals surface area contributed by atoms with Crippen LogP contribution in [-0.4, -0.2) is 63.7 Å². The van der Waals surface area contributed by atoms with Crippen LogP contribution in [0.3, 0.4) is 0 Å². The van der Waals surface area contributed by atoms with Gasteiger partial charge in [0.1, 0.15) is 18.1 Å². The van der Waals surface area contributed by atoms with E-state index in [1.54, 1.807) is 20.0 Å². The summed E-state index contributed by atoms with van der Waals surface area (Å²) in [5.74, 6) is -3.20. The van der Waals surface area contributed by atoms with Crippen molar-refractivity contribution in [1.82, 2.24) is 20.9 Å². The molecule has 2 aromatic rings. The fourth-order valence-electron chi connectivity index (χ4n) is 3.26. The van der Waals surface area contributed by atoms with Gasteiger partial charge >= 0.3 is 5.97 Å². The molecule has 11 heteroatoms. The second-order valence-electron chi connectivity index (χ2n) is 8.21. The number of hydrogen-bond donors (Lipinski definition) is 7. The first kappa shape index (κ1) is 26.2. The Labute approximate surface area is 197 Å². The predicted molar refractivity (Wildman–Crippen MR) is 128 cm³/mol. The maximum absolute atomic E-state index is 13.0. The van der Waals surface area contributed by atoms with Crippen molar-refractivity contribution in [2.24, 2.45) is 11.7 Å².